The molecule has 0 radical (unpaired) electrons. The lowest BCUT2D eigenvalue weighted by atomic mass is 10.2. The Labute approximate surface area is 143 Å². The molecular weight excluding hydrogens is 332 g/mol. The Morgan fingerprint density at radius 3 is 2.75 bits per heavy atom. The topological polar surface area (TPSA) is 82.2 Å². The Kier molecular flexibility index (Phi) is 5.24. The van der Waals surface area contributed by atoms with Crippen LogP contribution in [0.25, 0.3) is 11.0 Å². The summed E-state index contributed by atoms with van der Waals surface area (Å²) in [6.45, 7) is 1.44. The van der Waals surface area contributed by atoms with E-state index < -0.39 is 0 Å². The van der Waals surface area contributed by atoms with Gasteiger partial charge in [0, 0.05) is 5.02 Å². The Morgan fingerprint density at radius 1 is 1.21 bits per heavy atom. The van der Waals surface area contributed by atoms with Crippen LogP contribution in [0.3, 0.4) is 0 Å². The molecule has 0 saturated carbocycles. The Hall–Kier alpha value is -2.22. The highest BCUT2D eigenvalue weighted by atomic mass is 35.5. The van der Waals surface area contributed by atoms with Gasteiger partial charge in [0.05, 0.1) is 39.1 Å². The summed E-state index contributed by atoms with van der Waals surface area (Å²) in [7, 11) is 0. The van der Waals surface area contributed by atoms with E-state index in [2.05, 4.69) is 10.1 Å². The van der Waals surface area contributed by atoms with E-state index >= 15 is 0 Å². The van der Waals surface area contributed by atoms with E-state index in [1.807, 2.05) is 24.3 Å². The monoisotopic (exact) mass is 348 g/mol. The lowest BCUT2D eigenvalue weighted by Gasteiger charge is -2.07. The van der Waals surface area contributed by atoms with Gasteiger partial charge >= 0.3 is 0 Å². The predicted molar refractivity (Wildman–Crippen MR) is 90.2 cm³/mol. The number of rotatable bonds is 7. The van der Waals surface area contributed by atoms with Gasteiger partial charge in [0.15, 0.2) is 5.65 Å². The molecule has 2 heterocycles. The number of aliphatic hydroxyl groups excluding tert-OH is 1. The molecule has 0 atom stereocenters. The first kappa shape index (κ1) is 16.6. The summed E-state index contributed by atoms with van der Waals surface area (Å²) in [5.74, 6) is 0. The van der Waals surface area contributed by atoms with Crippen molar-refractivity contribution in [3.05, 3.63) is 57.7 Å². The van der Waals surface area contributed by atoms with Crippen molar-refractivity contribution in [2.45, 2.75) is 13.1 Å². The van der Waals surface area contributed by atoms with Crippen molar-refractivity contribution in [2.75, 3.05) is 19.8 Å². The highest BCUT2D eigenvalue weighted by Gasteiger charge is 2.10. The van der Waals surface area contributed by atoms with Crippen LogP contribution in [0.5, 0.6) is 0 Å². The predicted octanol–water partition coefficient (Wildman–Crippen LogP) is 1.30. The molecule has 1 aromatic carbocycles. The molecule has 0 fully saturated rings. The maximum atomic E-state index is 12.4. The third-order valence-corrected chi connectivity index (χ3v) is 3.83. The zero-order chi connectivity index (χ0) is 16.9. The van der Waals surface area contributed by atoms with Gasteiger partial charge in [0.2, 0.25) is 0 Å². The molecule has 0 saturated heterocycles. The fraction of sp³-hybridized carbons (Fsp3) is 0.312. The van der Waals surface area contributed by atoms with E-state index in [9.17, 15) is 4.79 Å². The van der Waals surface area contributed by atoms with Crippen LogP contribution in [0, 0.1) is 0 Å². The second-order valence-corrected chi connectivity index (χ2v) is 5.68. The van der Waals surface area contributed by atoms with E-state index in [0.29, 0.717) is 35.8 Å². The molecule has 0 aliphatic rings. The van der Waals surface area contributed by atoms with E-state index in [4.69, 9.17) is 21.4 Å². The second-order valence-electron chi connectivity index (χ2n) is 5.25. The van der Waals surface area contributed by atoms with Crippen LogP contribution in [-0.4, -0.2) is 44.3 Å². The van der Waals surface area contributed by atoms with Crippen molar-refractivity contribution in [3.8, 4) is 0 Å². The minimum Gasteiger partial charge on any atom is -0.394 e. The average molecular weight is 349 g/mol. The molecule has 8 heteroatoms. The zero-order valence-corrected chi connectivity index (χ0v) is 13.7. The molecule has 2 aromatic heterocycles. The molecule has 0 spiro atoms. The van der Waals surface area contributed by atoms with Crippen LogP contribution < -0.4 is 5.56 Å². The second kappa shape index (κ2) is 7.57. The number of benzene rings is 1. The number of nitrogens with zero attached hydrogens (tertiary/aromatic N) is 4. The van der Waals surface area contributed by atoms with Crippen LogP contribution in [0.2, 0.25) is 5.02 Å². The first-order chi connectivity index (χ1) is 11.7. The van der Waals surface area contributed by atoms with Crippen molar-refractivity contribution in [1.82, 2.24) is 19.3 Å². The number of aliphatic hydroxyl groups is 1. The van der Waals surface area contributed by atoms with Crippen molar-refractivity contribution in [3.63, 3.8) is 0 Å². The van der Waals surface area contributed by atoms with Gasteiger partial charge in [-0.25, -0.2) is 9.67 Å². The van der Waals surface area contributed by atoms with Gasteiger partial charge in [-0.15, -0.1) is 0 Å². The molecule has 3 aromatic rings. The number of aromatic nitrogens is 4. The minimum atomic E-state index is -0.157. The Balaban J connectivity index is 1.81. The van der Waals surface area contributed by atoms with Crippen LogP contribution in [-0.2, 0) is 17.8 Å². The first-order valence-electron chi connectivity index (χ1n) is 7.53. The Morgan fingerprint density at radius 2 is 2.00 bits per heavy atom. The number of hydrogen-bond acceptors (Lipinski definition) is 5. The largest absolute Gasteiger partial charge is 0.394 e. The zero-order valence-electron chi connectivity index (χ0n) is 12.9. The Bertz CT molecular complexity index is 873. The molecular formula is C16H17ClN4O3. The summed E-state index contributed by atoms with van der Waals surface area (Å²) in [6, 6.07) is 7.45. The number of hydrogen-bond donors (Lipinski definition) is 1. The third-order valence-electron chi connectivity index (χ3n) is 3.58. The van der Waals surface area contributed by atoms with E-state index in [1.165, 1.54) is 17.1 Å². The van der Waals surface area contributed by atoms with Gasteiger partial charge in [-0.3, -0.25) is 9.36 Å². The summed E-state index contributed by atoms with van der Waals surface area (Å²) < 4.78 is 8.35. The summed E-state index contributed by atoms with van der Waals surface area (Å²) in [4.78, 5) is 16.8. The molecule has 0 bridgehead atoms. The maximum absolute atomic E-state index is 12.4. The van der Waals surface area contributed by atoms with Crippen molar-refractivity contribution in [2.24, 2.45) is 0 Å². The molecule has 0 aliphatic carbocycles. The fourth-order valence-corrected chi connectivity index (χ4v) is 2.49. The molecule has 1 N–H and O–H groups in total. The number of halogens is 1. The standard InChI is InChI=1S/C16H17ClN4O3/c17-13-3-1-12(2-4-13)10-21-15-14(9-19-21)16(23)20(11-18-15)5-7-24-8-6-22/h1-4,9,11,22H,5-8,10H2. The van der Waals surface area contributed by atoms with Gasteiger partial charge in [0.25, 0.3) is 5.56 Å². The van der Waals surface area contributed by atoms with E-state index in [-0.39, 0.29) is 18.8 Å². The quantitative estimate of drug-likeness (QED) is 0.651. The van der Waals surface area contributed by atoms with Crippen molar-refractivity contribution >= 4 is 22.6 Å². The molecule has 0 aliphatic heterocycles. The molecule has 0 unspecified atom stereocenters. The molecule has 3 rings (SSSR count). The van der Waals surface area contributed by atoms with Crippen molar-refractivity contribution < 1.29 is 9.84 Å². The molecule has 126 valence electrons. The number of ether oxygens (including phenoxy) is 1. The fourth-order valence-electron chi connectivity index (χ4n) is 2.36. The number of fused-ring (bicyclic) bond motifs is 1. The van der Waals surface area contributed by atoms with Crippen LogP contribution in [0.1, 0.15) is 5.56 Å². The van der Waals surface area contributed by atoms with Crippen LogP contribution in [0.4, 0.5) is 0 Å². The first-order valence-corrected chi connectivity index (χ1v) is 7.91. The normalized spacial score (nSPS) is 11.2. The molecule has 0 amide bonds. The van der Waals surface area contributed by atoms with Crippen LogP contribution >= 0.6 is 11.6 Å². The van der Waals surface area contributed by atoms with Gasteiger partial charge in [0.1, 0.15) is 11.7 Å². The van der Waals surface area contributed by atoms with E-state index in [1.54, 1.807) is 4.68 Å². The smallest absolute Gasteiger partial charge is 0.264 e. The lowest BCUT2D eigenvalue weighted by Crippen LogP contribution is -2.23. The maximum Gasteiger partial charge on any atom is 0.264 e. The highest BCUT2D eigenvalue weighted by Crippen LogP contribution is 2.13. The van der Waals surface area contributed by atoms with Crippen LogP contribution in [0.15, 0.2) is 41.6 Å². The van der Waals surface area contributed by atoms with E-state index in [0.717, 1.165) is 5.56 Å². The summed E-state index contributed by atoms with van der Waals surface area (Å²) >= 11 is 5.89. The van der Waals surface area contributed by atoms with Crippen molar-refractivity contribution in [1.29, 1.82) is 0 Å². The average Bonchev–Trinajstić information content (AvgIpc) is 2.99. The molecule has 24 heavy (non-hydrogen) atoms. The SMILES string of the molecule is O=c1c2cnn(Cc3ccc(Cl)cc3)c2ncn1CCOCCO. The van der Waals surface area contributed by atoms with Gasteiger partial charge in [-0.1, -0.05) is 23.7 Å². The lowest BCUT2D eigenvalue weighted by molar-refractivity contribution is 0.0865. The van der Waals surface area contributed by atoms with Gasteiger partial charge in [-0.2, -0.15) is 5.10 Å². The summed E-state index contributed by atoms with van der Waals surface area (Å²) in [6.07, 6.45) is 3.03. The summed E-state index contributed by atoms with van der Waals surface area (Å²) in [5, 5.41) is 14.1. The molecule has 7 nitrogen and oxygen atoms in total. The van der Waals surface area contributed by atoms with Gasteiger partial charge in [-0.05, 0) is 17.7 Å². The summed E-state index contributed by atoms with van der Waals surface area (Å²) in [5.41, 5.74) is 1.41. The highest BCUT2D eigenvalue weighted by molar-refractivity contribution is 6.30. The van der Waals surface area contributed by atoms with Gasteiger partial charge < -0.3 is 9.84 Å². The third kappa shape index (κ3) is 3.64. The minimum absolute atomic E-state index is 0.0380.